The summed E-state index contributed by atoms with van der Waals surface area (Å²) in [6, 6.07) is 10.9. The zero-order valence-corrected chi connectivity index (χ0v) is 17.4. The number of phenols is 1. The van der Waals surface area contributed by atoms with Crippen molar-refractivity contribution in [3.63, 3.8) is 0 Å². The molecule has 2 N–H and O–H groups in total. The number of benzene rings is 2. The van der Waals surface area contributed by atoms with Gasteiger partial charge >= 0.3 is 12.0 Å². The van der Waals surface area contributed by atoms with Crippen molar-refractivity contribution >= 4 is 45.6 Å². The molecule has 2 aromatic carbocycles. The van der Waals surface area contributed by atoms with Crippen molar-refractivity contribution in [1.82, 2.24) is 10.2 Å². The average molecular weight is 472 g/mol. The van der Waals surface area contributed by atoms with E-state index in [-0.39, 0.29) is 17.4 Å². The number of phenolic OH excluding ortho intramolecular Hbond substituents is 1. The Morgan fingerprint density at radius 2 is 1.80 bits per heavy atom. The lowest BCUT2D eigenvalue weighted by Gasteiger charge is -2.27. The normalized spacial score (nSPS) is 18.1. The van der Waals surface area contributed by atoms with Gasteiger partial charge in [-0.05, 0) is 64.0 Å². The number of carbonyl (C=O) groups excluding carboxylic acids is 3. The number of cyclic esters (lactones) is 1. The second-order valence-corrected chi connectivity index (χ2v) is 7.67. The summed E-state index contributed by atoms with van der Waals surface area (Å²) in [4.78, 5) is 40.2. The van der Waals surface area contributed by atoms with Gasteiger partial charge in [-0.1, -0.05) is 6.07 Å². The summed E-state index contributed by atoms with van der Waals surface area (Å²) >= 11 is 3.20. The number of rotatable bonds is 3. The Morgan fingerprint density at radius 3 is 2.47 bits per heavy atom. The molecule has 3 amide bonds. The number of piperazine rings is 1. The molecule has 2 aromatic rings. The zero-order valence-electron chi connectivity index (χ0n) is 15.8. The Morgan fingerprint density at radius 1 is 1.10 bits per heavy atom. The van der Waals surface area contributed by atoms with Gasteiger partial charge in [-0.25, -0.2) is 9.69 Å². The zero-order chi connectivity index (χ0) is 21.3. The SMILES string of the molecule is O=C(c1ccc(N2C(=O)O/C(=C\c3ccc(O)c(Br)c3)C2=O)cc1)N1CCNCC1. The Labute approximate surface area is 180 Å². The summed E-state index contributed by atoms with van der Waals surface area (Å²) < 4.78 is 5.58. The fraction of sp³-hybridized carbons (Fsp3) is 0.190. The van der Waals surface area contributed by atoms with Crippen LogP contribution in [0.1, 0.15) is 15.9 Å². The van der Waals surface area contributed by atoms with Crippen LogP contribution < -0.4 is 10.2 Å². The van der Waals surface area contributed by atoms with Gasteiger partial charge in [-0.3, -0.25) is 9.59 Å². The van der Waals surface area contributed by atoms with E-state index in [2.05, 4.69) is 21.2 Å². The number of aromatic hydroxyl groups is 1. The van der Waals surface area contributed by atoms with Gasteiger partial charge < -0.3 is 20.1 Å². The Bertz CT molecular complexity index is 1050. The molecule has 0 atom stereocenters. The van der Waals surface area contributed by atoms with Gasteiger partial charge in [-0.2, -0.15) is 0 Å². The van der Waals surface area contributed by atoms with Crippen molar-refractivity contribution in [2.75, 3.05) is 31.1 Å². The van der Waals surface area contributed by atoms with E-state index in [0.717, 1.165) is 18.0 Å². The van der Waals surface area contributed by atoms with Crippen LogP contribution in [0.25, 0.3) is 6.08 Å². The van der Waals surface area contributed by atoms with Gasteiger partial charge in [0, 0.05) is 31.7 Å². The van der Waals surface area contributed by atoms with Crippen LogP contribution in [0.3, 0.4) is 0 Å². The number of halogens is 1. The van der Waals surface area contributed by atoms with Crippen LogP contribution in [0.2, 0.25) is 0 Å². The number of nitrogens with zero attached hydrogens (tertiary/aromatic N) is 2. The summed E-state index contributed by atoms with van der Waals surface area (Å²) in [6.45, 7) is 2.79. The monoisotopic (exact) mass is 471 g/mol. The van der Waals surface area contributed by atoms with Crippen LogP contribution in [0, 0.1) is 0 Å². The minimum Gasteiger partial charge on any atom is -0.507 e. The first-order chi connectivity index (χ1) is 14.4. The molecular weight excluding hydrogens is 454 g/mol. The first kappa shape index (κ1) is 20.1. The molecule has 2 saturated heterocycles. The molecule has 2 aliphatic heterocycles. The average Bonchev–Trinajstić information content (AvgIpc) is 3.04. The molecule has 2 fully saturated rings. The highest BCUT2D eigenvalue weighted by Crippen LogP contribution is 2.29. The van der Waals surface area contributed by atoms with E-state index in [1.54, 1.807) is 41.3 Å². The Hall–Kier alpha value is -3.17. The fourth-order valence-corrected chi connectivity index (χ4v) is 3.65. The molecule has 2 aliphatic rings. The highest BCUT2D eigenvalue weighted by molar-refractivity contribution is 9.10. The Kier molecular flexibility index (Phi) is 5.56. The molecule has 30 heavy (non-hydrogen) atoms. The van der Waals surface area contributed by atoms with E-state index in [4.69, 9.17) is 4.74 Å². The molecule has 0 aliphatic carbocycles. The number of hydrogen-bond donors (Lipinski definition) is 2. The largest absolute Gasteiger partial charge is 0.507 e. The van der Waals surface area contributed by atoms with Gasteiger partial charge in [0.2, 0.25) is 0 Å². The molecule has 0 radical (unpaired) electrons. The smallest absolute Gasteiger partial charge is 0.427 e. The molecule has 2 heterocycles. The lowest BCUT2D eigenvalue weighted by atomic mass is 10.1. The van der Waals surface area contributed by atoms with Crippen molar-refractivity contribution in [1.29, 1.82) is 0 Å². The van der Waals surface area contributed by atoms with E-state index in [1.165, 1.54) is 12.1 Å². The molecule has 8 nitrogen and oxygen atoms in total. The number of imide groups is 1. The summed E-state index contributed by atoms with van der Waals surface area (Å²) in [5.74, 6) is -0.759. The molecule has 0 spiro atoms. The topological polar surface area (TPSA) is 99.2 Å². The molecule has 4 rings (SSSR count). The number of ether oxygens (including phenoxy) is 1. The van der Waals surface area contributed by atoms with E-state index < -0.39 is 12.0 Å². The van der Waals surface area contributed by atoms with Crippen LogP contribution >= 0.6 is 15.9 Å². The number of anilines is 1. The third-order valence-electron chi connectivity index (χ3n) is 4.84. The van der Waals surface area contributed by atoms with Crippen LogP contribution in [-0.4, -0.2) is 54.1 Å². The maximum absolute atomic E-state index is 12.7. The molecular formula is C21H18BrN3O5. The van der Waals surface area contributed by atoms with Crippen molar-refractivity contribution in [2.24, 2.45) is 0 Å². The van der Waals surface area contributed by atoms with Gasteiger partial charge in [-0.15, -0.1) is 0 Å². The van der Waals surface area contributed by atoms with Crippen molar-refractivity contribution in [3.8, 4) is 5.75 Å². The highest BCUT2D eigenvalue weighted by atomic mass is 79.9. The first-order valence-corrected chi connectivity index (χ1v) is 10.1. The summed E-state index contributed by atoms with van der Waals surface area (Å²) in [6.07, 6.45) is 0.609. The lowest BCUT2D eigenvalue weighted by Crippen LogP contribution is -2.46. The van der Waals surface area contributed by atoms with Gasteiger partial charge in [0.25, 0.3) is 5.91 Å². The minimum atomic E-state index is -0.815. The van der Waals surface area contributed by atoms with Gasteiger partial charge in [0.1, 0.15) is 5.75 Å². The quantitative estimate of drug-likeness (QED) is 0.667. The summed E-state index contributed by atoms with van der Waals surface area (Å²) in [5.41, 5.74) is 1.39. The number of hydrogen-bond acceptors (Lipinski definition) is 6. The van der Waals surface area contributed by atoms with Gasteiger partial charge in [0.15, 0.2) is 5.76 Å². The maximum Gasteiger partial charge on any atom is 0.427 e. The number of nitrogens with one attached hydrogen (secondary N) is 1. The van der Waals surface area contributed by atoms with Crippen molar-refractivity contribution in [2.45, 2.75) is 0 Å². The third kappa shape index (κ3) is 3.94. The molecule has 9 heteroatoms. The predicted octanol–water partition coefficient (Wildman–Crippen LogP) is 2.72. The van der Waals surface area contributed by atoms with E-state index >= 15 is 0 Å². The highest BCUT2D eigenvalue weighted by Gasteiger charge is 2.37. The molecule has 0 aromatic heterocycles. The van der Waals surface area contributed by atoms with E-state index in [0.29, 0.717) is 34.4 Å². The minimum absolute atomic E-state index is 0.0592. The first-order valence-electron chi connectivity index (χ1n) is 9.30. The van der Waals surface area contributed by atoms with E-state index in [9.17, 15) is 19.5 Å². The number of amides is 3. The molecule has 0 unspecified atom stereocenters. The molecule has 154 valence electrons. The summed E-state index contributed by atoms with van der Waals surface area (Å²) in [7, 11) is 0. The maximum atomic E-state index is 12.7. The van der Waals surface area contributed by atoms with Crippen molar-refractivity contribution < 1.29 is 24.2 Å². The number of carbonyl (C=O) groups is 3. The lowest BCUT2D eigenvalue weighted by molar-refractivity contribution is -0.114. The second-order valence-electron chi connectivity index (χ2n) is 6.82. The fourth-order valence-electron chi connectivity index (χ4n) is 3.26. The van der Waals surface area contributed by atoms with Crippen LogP contribution in [0.15, 0.2) is 52.7 Å². The Balaban J connectivity index is 1.53. The second kappa shape index (κ2) is 8.29. The molecule has 0 saturated carbocycles. The third-order valence-corrected chi connectivity index (χ3v) is 5.48. The summed E-state index contributed by atoms with van der Waals surface area (Å²) in [5, 5.41) is 12.8. The van der Waals surface area contributed by atoms with Crippen LogP contribution in [-0.2, 0) is 9.53 Å². The standard InChI is InChI=1S/C21H18BrN3O5/c22-16-11-13(1-6-17(16)26)12-18-20(28)25(21(29)30-18)15-4-2-14(3-5-15)19(27)24-9-7-23-8-10-24/h1-6,11-12,23,26H,7-10H2/b18-12-. The van der Waals surface area contributed by atoms with Crippen LogP contribution in [0.5, 0.6) is 5.75 Å². The predicted molar refractivity (Wildman–Crippen MR) is 113 cm³/mol. The van der Waals surface area contributed by atoms with Gasteiger partial charge in [0.05, 0.1) is 10.2 Å². The van der Waals surface area contributed by atoms with E-state index in [1.807, 2.05) is 0 Å². The van der Waals surface area contributed by atoms with Crippen LogP contribution in [0.4, 0.5) is 10.5 Å². The molecule has 0 bridgehead atoms. The van der Waals surface area contributed by atoms with Crippen molar-refractivity contribution in [3.05, 3.63) is 63.8 Å².